The van der Waals surface area contributed by atoms with E-state index < -0.39 is 0 Å². The van der Waals surface area contributed by atoms with Gasteiger partial charge in [-0.05, 0) is 55.7 Å². The van der Waals surface area contributed by atoms with Crippen LogP contribution in [0.2, 0.25) is 0 Å². The first kappa shape index (κ1) is 18.2. The lowest BCUT2D eigenvalue weighted by Gasteiger charge is -2.20. The molecule has 0 aliphatic heterocycles. The molecule has 0 aromatic heterocycles. The number of hydrogen-bond acceptors (Lipinski definition) is 2. The van der Waals surface area contributed by atoms with Crippen LogP contribution in [0.3, 0.4) is 0 Å². The lowest BCUT2D eigenvalue weighted by atomic mass is 9.98. The molecule has 0 aliphatic carbocycles. The Kier molecular flexibility index (Phi) is 8.63. The molecule has 2 unspecified atom stereocenters. The van der Waals surface area contributed by atoms with E-state index in [1.807, 2.05) is 0 Å². The predicted molar refractivity (Wildman–Crippen MR) is 91.5 cm³/mol. The molecule has 2 atom stereocenters. The highest BCUT2D eigenvalue weighted by molar-refractivity contribution is 5.25. The maximum Gasteiger partial charge on any atom is 0.0434 e. The summed E-state index contributed by atoms with van der Waals surface area (Å²) in [6.07, 6.45) is 4.43. The minimum atomic E-state index is 0.296. The molecule has 21 heavy (non-hydrogen) atoms. The Morgan fingerprint density at radius 2 is 1.71 bits per heavy atom. The Hall–Kier alpha value is -0.860. The van der Waals surface area contributed by atoms with Crippen molar-refractivity contribution in [2.75, 3.05) is 13.2 Å². The summed E-state index contributed by atoms with van der Waals surface area (Å²) in [5.41, 5.74) is 2.77. The molecule has 0 saturated carbocycles. The van der Waals surface area contributed by atoms with Crippen molar-refractivity contribution in [2.45, 2.75) is 59.4 Å². The molecule has 0 fully saturated rings. The summed E-state index contributed by atoms with van der Waals surface area (Å²) in [7, 11) is 0. The Labute approximate surface area is 131 Å². The SMILES string of the molecule is CCCC(CCO)CNC(C)c1ccc(CC(C)C)cc1. The standard InChI is InChI=1S/C19H33NO/c1-5-6-18(11-12-21)14-20-16(4)19-9-7-17(8-10-19)13-15(2)3/h7-10,15-16,18,20-21H,5-6,11-14H2,1-4H3. The van der Waals surface area contributed by atoms with Gasteiger partial charge in [0.2, 0.25) is 0 Å². The number of hydrogen-bond donors (Lipinski definition) is 2. The monoisotopic (exact) mass is 291 g/mol. The number of nitrogens with one attached hydrogen (secondary N) is 1. The molecule has 0 spiro atoms. The molecule has 0 radical (unpaired) electrons. The third-order valence-electron chi connectivity index (χ3n) is 4.07. The second-order valence-electron chi connectivity index (χ2n) is 6.64. The van der Waals surface area contributed by atoms with Gasteiger partial charge in [0, 0.05) is 12.6 Å². The van der Waals surface area contributed by atoms with Gasteiger partial charge in [0.1, 0.15) is 0 Å². The molecule has 0 amide bonds. The molecule has 2 heteroatoms. The zero-order chi connectivity index (χ0) is 15.7. The van der Waals surface area contributed by atoms with Gasteiger partial charge in [0.15, 0.2) is 0 Å². The van der Waals surface area contributed by atoms with Crippen LogP contribution in [0.25, 0.3) is 0 Å². The van der Waals surface area contributed by atoms with Crippen molar-refractivity contribution in [3.63, 3.8) is 0 Å². The Balaban J connectivity index is 2.48. The molecule has 0 bridgehead atoms. The summed E-state index contributed by atoms with van der Waals surface area (Å²) in [4.78, 5) is 0. The van der Waals surface area contributed by atoms with E-state index in [0.717, 1.165) is 19.4 Å². The van der Waals surface area contributed by atoms with Crippen molar-refractivity contribution in [1.82, 2.24) is 5.32 Å². The van der Waals surface area contributed by atoms with Gasteiger partial charge < -0.3 is 10.4 Å². The molecular weight excluding hydrogens is 258 g/mol. The first-order chi connectivity index (χ1) is 10.1. The van der Waals surface area contributed by atoms with E-state index in [4.69, 9.17) is 5.11 Å². The van der Waals surface area contributed by atoms with E-state index >= 15 is 0 Å². The van der Waals surface area contributed by atoms with Crippen LogP contribution in [-0.2, 0) is 6.42 Å². The first-order valence-electron chi connectivity index (χ1n) is 8.49. The highest BCUT2D eigenvalue weighted by Gasteiger charge is 2.10. The van der Waals surface area contributed by atoms with E-state index in [2.05, 4.69) is 57.3 Å². The maximum atomic E-state index is 9.12. The van der Waals surface area contributed by atoms with Gasteiger partial charge in [-0.15, -0.1) is 0 Å². The van der Waals surface area contributed by atoms with E-state index in [1.165, 1.54) is 24.0 Å². The Bertz CT molecular complexity index is 366. The minimum absolute atomic E-state index is 0.296. The number of aliphatic hydroxyl groups is 1. The zero-order valence-corrected chi connectivity index (χ0v) is 14.2. The minimum Gasteiger partial charge on any atom is -0.396 e. The zero-order valence-electron chi connectivity index (χ0n) is 14.2. The topological polar surface area (TPSA) is 32.3 Å². The van der Waals surface area contributed by atoms with Crippen molar-refractivity contribution in [1.29, 1.82) is 0 Å². The fourth-order valence-electron chi connectivity index (χ4n) is 2.81. The first-order valence-corrected chi connectivity index (χ1v) is 8.49. The van der Waals surface area contributed by atoms with Crippen LogP contribution >= 0.6 is 0 Å². The molecule has 0 heterocycles. The summed E-state index contributed by atoms with van der Waals surface area (Å²) in [6.45, 7) is 10.2. The second-order valence-corrected chi connectivity index (χ2v) is 6.64. The van der Waals surface area contributed by atoms with Crippen LogP contribution < -0.4 is 5.32 Å². The van der Waals surface area contributed by atoms with E-state index in [1.54, 1.807) is 0 Å². The second kappa shape index (κ2) is 9.97. The molecule has 1 aromatic rings. The lowest BCUT2D eigenvalue weighted by molar-refractivity contribution is 0.246. The van der Waals surface area contributed by atoms with Crippen LogP contribution in [0.4, 0.5) is 0 Å². The van der Waals surface area contributed by atoms with Gasteiger partial charge in [-0.1, -0.05) is 51.5 Å². The highest BCUT2D eigenvalue weighted by Crippen LogP contribution is 2.17. The summed E-state index contributed by atoms with van der Waals surface area (Å²) >= 11 is 0. The predicted octanol–water partition coefficient (Wildman–Crippen LogP) is 4.33. The van der Waals surface area contributed by atoms with E-state index in [9.17, 15) is 0 Å². The van der Waals surface area contributed by atoms with Crippen LogP contribution in [0.5, 0.6) is 0 Å². The summed E-state index contributed by atoms with van der Waals surface area (Å²) in [6, 6.07) is 9.37. The molecular formula is C19H33NO. The van der Waals surface area contributed by atoms with Gasteiger partial charge in [0.05, 0.1) is 0 Å². The van der Waals surface area contributed by atoms with Crippen LogP contribution in [0.15, 0.2) is 24.3 Å². The molecule has 0 saturated heterocycles. The fraction of sp³-hybridized carbons (Fsp3) is 0.684. The third kappa shape index (κ3) is 7.10. The van der Waals surface area contributed by atoms with Crippen molar-refractivity contribution >= 4 is 0 Å². The number of rotatable bonds is 10. The lowest BCUT2D eigenvalue weighted by Crippen LogP contribution is -2.26. The smallest absolute Gasteiger partial charge is 0.0434 e. The maximum absolute atomic E-state index is 9.12. The van der Waals surface area contributed by atoms with Crippen molar-refractivity contribution < 1.29 is 5.11 Å². The van der Waals surface area contributed by atoms with Crippen molar-refractivity contribution in [3.05, 3.63) is 35.4 Å². The van der Waals surface area contributed by atoms with E-state index in [-0.39, 0.29) is 0 Å². The Morgan fingerprint density at radius 3 is 2.24 bits per heavy atom. The van der Waals surface area contributed by atoms with Gasteiger partial charge in [-0.2, -0.15) is 0 Å². The molecule has 2 nitrogen and oxygen atoms in total. The highest BCUT2D eigenvalue weighted by atomic mass is 16.3. The van der Waals surface area contributed by atoms with Crippen molar-refractivity contribution in [3.8, 4) is 0 Å². The van der Waals surface area contributed by atoms with Gasteiger partial charge >= 0.3 is 0 Å². The quantitative estimate of drug-likeness (QED) is 0.672. The average molecular weight is 291 g/mol. The molecule has 1 rings (SSSR count). The summed E-state index contributed by atoms with van der Waals surface area (Å²) < 4.78 is 0. The molecule has 0 aliphatic rings. The summed E-state index contributed by atoms with van der Waals surface area (Å²) in [5.74, 6) is 1.29. The van der Waals surface area contributed by atoms with Gasteiger partial charge in [0.25, 0.3) is 0 Å². The van der Waals surface area contributed by atoms with Crippen LogP contribution in [-0.4, -0.2) is 18.3 Å². The Morgan fingerprint density at radius 1 is 1.05 bits per heavy atom. The van der Waals surface area contributed by atoms with Crippen LogP contribution in [0, 0.1) is 11.8 Å². The summed E-state index contributed by atoms with van der Waals surface area (Å²) in [5, 5.41) is 12.7. The van der Waals surface area contributed by atoms with Gasteiger partial charge in [-0.3, -0.25) is 0 Å². The van der Waals surface area contributed by atoms with Crippen LogP contribution in [0.1, 0.15) is 64.1 Å². The molecule has 2 N–H and O–H groups in total. The number of aliphatic hydroxyl groups excluding tert-OH is 1. The third-order valence-corrected chi connectivity index (χ3v) is 4.07. The average Bonchev–Trinajstić information content (AvgIpc) is 2.45. The van der Waals surface area contributed by atoms with Gasteiger partial charge in [-0.25, -0.2) is 0 Å². The normalized spacial score (nSPS) is 14.4. The van der Waals surface area contributed by atoms with Crippen molar-refractivity contribution in [2.24, 2.45) is 11.8 Å². The molecule has 120 valence electrons. The largest absolute Gasteiger partial charge is 0.396 e. The fourth-order valence-corrected chi connectivity index (χ4v) is 2.81. The molecule has 1 aromatic carbocycles. The van der Waals surface area contributed by atoms with E-state index in [0.29, 0.717) is 24.5 Å². The number of benzene rings is 1.